The van der Waals surface area contributed by atoms with Crippen molar-refractivity contribution in [3.63, 3.8) is 0 Å². The van der Waals surface area contributed by atoms with E-state index in [1.807, 2.05) is 25.8 Å². The molecule has 1 aliphatic heterocycles. The van der Waals surface area contributed by atoms with Gasteiger partial charge in [0.25, 0.3) is 0 Å². The Morgan fingerprint density at radius 2 is 2.36 bits per heavy atom. The molecule has 0 aromatic rings. The van der Waals surface area contributed by atoms with Gasteiger partial charge in [0.15, 0.2) is 0 Å². The Kier molecular flexibility index (Phi) is 4.35. The molecule has 1 fully saturated rings. The average molecular weight is 201 g/mol. The minimum Gasteiger partial charge on any atom is -0.462 e. The molecule has 1 saturated heterocycles. The van der Waals surface area contributed by atoms with Crippen molar-refractivity contribution >= 4 is 5.97 Å². The maximum atomic E-state index is 11.3. The molecule has 0 N–H and O–H groups in total. The van der Waals surface area contributed by atoms with Crippen LogP contribution >= 0.6 is 0 Å². The van der Waals surface area contributed by atoms with Crippen LogP contribution in [-0.2, 0) is 14.3 Å². The van der Waals surface area contributed by atoms with Gasteiger partial charge in [-0.15, -0.1) is 0 Å². The Morgan fingerprint density at radius 1 is 1.64 bits per heavy atom. The van der Waals surface area contributed by atoms with Gasteiger partial charge in [-0.1, -0.05) is 0 Å². The van der Waals surface area contributed by atoms with Crippen LogP contribution in [0.15, 0.2) is 0 Å². The summed E-state index contributed by atoms with van der Waals surface area (Å²) in [6.45, 7) is 5.60. The fraction of sp³-hybridized carbons (Fsp3) is 0.900. The summed E-state index contributed by atoms with van der Waals surface area (Å²) in [6, 6.07) is 0.370. The molecule has 1 heterocycles. The molecule has 14 heavy (non-hydrogen) atoms. The topological polar surface area (TPSA) is 38.8 Å². The molecule has 1 atom stereocenters. The number of carbonyl (C=O) groups is 1. The number of hydrogen-bond acceptors (Lipinski definition) is 4. The summed E-state index contributed by atoms with van der Waals surface area (Å²) < 4.78 is 10.3. The first-order valence-electron chi connectivity index (χ1n) is 5.07. The molecule has 1 rings (SSSR count). The zero-order valence-corrected chi connectivity index (χ0v) is 9.16. The van der Waals surface area contributed by atoms with E-state index in [1.54, 1.807) is 0 Å². The third-order valence-electron chi connectivity index (χ3n) is 2.27. The second kappa shape index (κ2) is 5.32. The predicted molar refractivity (Wildman–Crippen MR) is 53.1 cm³/mol. The van der Waals surface area contributed by atoms with Crippen molar-refractivity contribution in [1.82, 2.24) is 4.90 Å². The van der Waals surface area contributed by atoms with Crippen LogP contribution < -0.4 is 0 Å². The van der Waals surface area contributed by atoms with Crippen LogP contribution in [0.2, 0.25) is 0 Å². The average Bonchev–Trinajstić information content (AvgIpc) is 2.53. The van der Waals surface area contributed by atoms with Gasteiger partial charge in [0.1, 0.15) is 0 Å². The van der Waals surface area contributed by atoms with Gasteiger partial charge < -0.3 is 9.47 Å². The van der Waals surface area contributed by atoms with Gasteiger partial charge in [-0.25, -0.2) is 0 Å². The van der Waals surface area contributed by atoms with Crippen LogP contribution in [0.1, 0.15) is 20.3 Å². The van der Waals surface area contributed by atoms with E-state index in [9.17, 15) is 4.79 Å². The molecule has 4 heteroatoms. The Hall–Kier alpha value is -0.610. The van der Waals surface area contributed by atoms with Crippen molar-refractivity contribution in [1.29, 1.82) is 0 Å². The first kappa shape index (κ1) is 11.5. The van der Waals surface area contributed by atoms with Crippen molar-refractivity contribution in [2.75, 3.05) is 26.8 Å². The number of ether oxygens (including phenoxy) is 2. The number of rotatable bonds is 4. The number of carbonyl (C=O) groups excluding carboxylic acids is 1. The first-order chi connectivity index (χ1) is 6.59. The summed E-state index contributed by atoms with van der Waals surface area (Å²) in [7, 11) is 1.93. The van der Waals surface area contributed by atoms with Gasteiger partial charge in [0.05, 0.1) is 19.3 Å². The Bertz CT molecular complexity index is 188. The molecule has 1 aliphatic rings. The SMILES string of the molecule is CC(C)OC(=O)CN(C)C1CCOC1. The summed E-state index contributed by atoms with van der Waals surface area (Å²) in [4.78, 5) is 13.3. The van der Waals surface area contributed by atoms with E-state index in [-0.39, 0.29) is 12.1 Å². The minimum atomic E-state index is -0.158. The first-order valence-corrected chi connectivity index (χ1v) is 5.07. The highest BCUT2D eigenvalue weighted by atomic mass is 16.5. The highest BCUT2D eigenvalue weighted by Crippen LogP contribution is 2.10. The monoisotopic (exact) mass is 201 g/mol. The summed E-state index contributed by atoms with van der Waals surface area (Å²) >= 11 is 0. The number of hydrogen-bond donors (Lipinski definition) is 0. The molecular formula is C10H19NO3. The maximum absolute atomic E-state index is 11.3. The van der Waals surface area contributed by atoms with E-state index >= 15 is 0 Å². The van der Waals surface area contributed by atoms with E-state index in [0.29, 0.717) is 12.6 Å². The van der Waals surface area contributed by atoms with Gasteiger partial charge >= 0.3 is 5.97 Å². The molecule has 0 spiro atoms. The fourth-order valence-electron chi connectivity index (χ4n) is 1.50. The Morgan fingerprint density at radius 3 is 2.86 bits per heavy atom. The molecule has 4 nitrogen and oxygen atoms in total. The van der Waals surface area contributed by atoms with Gasteiger partial charge in [0.2, 0.25) is 0 Å². The number of nitrogens with zero attached hydrogens (tertiary/aromatic N) is 1. The minimum absolute atomic E-state index is 0.0317. The molecule has 1 unspecified atom stereocenters. The zero-order valence-electron chi connectivity index (χ0n) is 9.16. The normalized spacial score (nSPS) is 21.9. The van der Waals surface area contributed by atoms with E-state index in [0.717, 1.165) is 19.6 Å². The Balaban J connectivity index is 2.24. The largest absolute Gasteiger partial charge is 0.462 e. The quantitative estimate of drug-likeness (QED) is 0.626. The molecule has 0 amide bonds. The van der Waals surface area contributed by atoms with Crippen LogP contribution in [0.3, 0.4) is 0 Å². The van der Waals surface area contributed by atoms with Crippen molar-refractivity contribution in [2.24, 2.45) is 0 Å². The molecule has 0 bridgehead atoms. The zero-order chi connectivity index (χ0) is 10.6. The standard InChI is InChI=1S/C10H19NO3/c1-8(2)14-10(12)6-11(3)9-4-5-13-7-9/h8-9H,4-7H2,1-3H3. The van der Waals surface area contributed by atoms with E-state index in [1.165, 1.54) is 0 Å². The van der Waals surface area contributed by atoms with Crippen LogP contribution in [0, 0.1) is 0 Å². The molecule has 82 valence electrons. The lowest BCUT2D eigenvalue weighted by atomic mass is 10.2. The fourth-order valence-corrected chi connectivity index (χ4v) is 1.50. The second-order valence-electron chi connectivity index (χ2n) is 3.97. The highest BCUT2D eigenvalue weighted by Gasteiger charge is 2.22. The lowest BCUT2D eigenvalue weighted by Gasteiger charge is -2.22. The van der Waals surface area contributed by atoms with Gasteiger partial charge in [0, 0.05) is 12.6 Å². The highest BCUT2D eigenvalue weighted by molar-refractivity contribution is 5.71. The van der Waals surface area contributed by atoms with E-state index < -0.39 is 0 Å². The van der Waals surface area contributed by atoms with Crippen LogP contribution in [0.4, 0.5) is 0 Å². The molecule has 0 aromatic carbocycles. The lowest BCUT2D eigenvalue weighted by molar-refractivity contribution is -0.148. The third kappa shape index (κ3) is 3.64. The van der Waals surface area contributed by atoms with E-state index in [4.69, 9.17) is 9.47 Å². The van der Waals surface area contributed by atoms with Crippen molar-refractivity contribution in [3.8, 4) is 0 Å². The summed E-state index contributed by atoms with van der Waals surface area (Å²) in [5.41, 5.74) is 0. The molecule has 0 radical (unpaired) electrons. The summed E-state index contributed by atoms with van der Waals surface area (Å²) in [6.07, 6.45) is 0.974. The van der Waals surface area contributed by atoms with Crippen LogP contribution in [-0.4, -0.2) is 49.8 Å². The van der Waals surface area contributed by atoms with Gasteiger partial charge in [-0.3, -0.25) is 9.69 Å². The van der Waals surface area contributed by atoms with Crippen molar-refractivity contribution < 1.29 is 14.3 Å². The van der Waals surface area contributed by atoms with E-state index in [2.05, 4.69) is 0 Å². The second-order valence-corrected chi connectivity index (χ2v) is 3.97. The van der Waals surface area contributed by atoms with Crippen LogP contribution in [0.5, 0.6) is 0 Å². The molecule has 0 aliphatic carbocycles. The number of likely N-dealkylation sites (N-methyl/N-ethyl adjacent to an activating group) is 1. The predicted octanol–water partition coefficient (Wildman–Crippen LogP) is 0.659. The number of esters is 1. The third-order valence-corrected chi connectivity index (χ3v) is 2.27. The molecule has 0 aromatic heterocycles. The smallest absolute Gasteiger partial charge is 0.320 e. The maximum Gasteiger partial charge on any atom is 0.320 e. The molecular weight excluding hydrogens is 182 g/mol. The Labute approximate surface area is 85.2 Å². The summed E-state index contributed by atoms with van der Waals surface area (Å²) in [5, 5.41) is 0. The van der Waals surface area contributed by atoms with Gasteiger partial charge in [-0.05, 0) is 27.3 Å². The lowest BCUT2D eigenvalue weighted by Crippen LogP contribution is -2.37. The van der Waals surface area contributed by atoms with Crippen LogP contribution in [0.25, 0.3) is 0 Å². The van der Waals surface area contributed by atoms with Crippen molar-refractivity contribution in [3.05, 3.63) is 0 Å². The van der Waals surface area contributed by atoms with Crippen molar-refractivity contribution in [2.45, 2.75) is 32.4 Å². The van der Waals surface area contributed by atoms with Gasteiger partial charge in [-0.2, -0.15) is 0 Å². The molecule has 0 saturated carbocycles. The summed E-state index contributed by atoms with van der Waals surface area (Å²) in [5.74, 6) is -0.158.